The summed E-state index contributed by atoms with van der Waals surface area (Å²) >= 11 is 11.9. The SMILES string of the molecule is O=c1oc2ccc(-c3ccccc3)cc2c(Cl)c1Cl. The Bertz CT molecular complexity index is 807. The van der Waals surface area contributed by atoms with E-state index in [1.165, 1.54) is 0 Å². The maximum atomic E-state index is 11.4. The van der Waals surface area contributed by atoms with Crippen LogP contribution in [0.1, 0.15) is 0 Å². The van der Waals surface area contributed by atoms with Crippen LogP contribution >= 0.6 is 23.2 Å². The molecule has 0 radical (unpaired) electrons. The third kappa shape index (κ3) is 2.14. The summed E-state index contributed by atoms with van der Waals surface area (Å²) in [5.74, 6) is 0. The topological polar surface area (TPSA) is 30.2 Å². The minimum absolute atomic E-state index is 0.0839. The van der Waals surface area contributed by atoms with Gasteiger partial charge >= 0.3 is 5.63 Å². The molecule has 0 aliphatic carbocycles. The molecule has 0 amide bonds. The van der Waals surface area contributed by atoms with Gasteiger partial charge in [0.25, 0.3) is 0 Å². The zero-order valence-corrected chi connectivity index (χ0v) is 11.2. The van der Waals surface area contributed by atoms with Gasteiger partial charge in [-0.05, 0) is 23.3 Å². The monoisotopic (exact) mass is 290 g/mol. The molecule has 19 heavy (non-hydrogen) atoms. The second-order valence-corrected chi connectivity index (χ2v) is 4.85. The first-order valence-corrected chi connectivity index (χ1v) is 6.39. The van der Waals surface area contributed by atoms with Crippen LogP contribution in [0.5, 0.6) is 0 Å². The van der Waals surface area contributed by atoms with Crippen molar-refractivity contribution in [1.82, 2.24) is 0 Å². The molecule has 94 valence electrons. The van der Waals surface area contributed by atoms with Crippen LogP contribution in [0.2, 0.25) is 10.0 Å². The second-order valence-electron chi connectivity index (χ2n) is 4.09. The van der Waals surface area contributed by atoms with Crippen LogP contribution in [0, 0.1) is 0 Å². The van der Waals surface area contributed by atoms with Crippen LogP contribution in [0.3, 0.4) is 0 Å². The van der Waals surface area contributed by atoms with E-state index in [1.807, 2.05) is 42.5 Å². The lowest BCUT2D eigenvalue weighted by Crippen LogP contribution is -1.99. The maximum Gasteiger partial charge on any atom is 0.356 e. The molecule has 0 bridgehead atoms. The Labute approximate surface area is 119 Å². The summed E-state index contributed by atoms with van der Waals surface area (Å²) in [7, 11) is 0. The second kappa shape index (κ2) is 4.72. The van der Waals surface area contributed by atoms with Crippen molar-refractivity contribution >= 4 is 34.2 Å². The van der Waals surface area contributed by atoms with Gasteiger partial charge in [-0.3, -0.25) is 0 Å². The van der Waals surface area contributed by atoms with Crippen LogP contribution in [0.4, 0.5) is 0 Å². The van der Waals surface area contributed by atoms with Crippen molar-refractivity contribution in [2.45, 2.75) is 0 Å². The molecular weight excluding hydrogens is 283 g/mol. The summed E-state index contributed by atoms with van der Waals surface area (Å²) in [6.45, 7) is 0. The molecule has 0 N–H and O–H groups in total. The van der Waals surface area contributed by atoms with E-state index in [-0.39, 0.29) is 10.0 Å². The van der Waals surface area contributed by atoms with Gasteiger partial charge in [0, 0.05) is 5.39 Å². The molecule has 1 heterocycles. The lowest BCUT2D eigenvalue weighted by molar-refractivity contribution is 0.561. The molecule has 0 saturated heterocycles. The van der Waals surface area contributed by atoms with E-state index in [9.17, 15) is 4.79 Å². The van der Waals surface area contributed by atoms with E-state index in [0.29, 0.717) is 11.0 Å². The molecule has 0 saturated carbocycles. The Morgan fingerprint density at radius 1 is 0.842 bits per heavy atom. The third-order valence-corrected chi connectivity index (χ3v) is 3.73. The summed E-state index contributed by atoms with van der Waals surface area (Å²) in [6.07, 6.45) is 0. The number of rotatable bonds is 1. The molecule has 3 rings (SSSR count). The zero-order chi connectivity index (χ0) is 13.4. The smallest absolute Gasteiger partial charge is 0.356 e. The van der Waals surface area contributed by atoms with Crippen molar-refractivity contribution in [3.63, 3.8) is 0 Å². The Hall–Kier alpha value is -1.77. The van der Waals surface area contributed by atoms with Crippen LogP contribution in [-0.2, 0) is 0 Å². The zero-order valence-electron chi connectivity index (χ0n) is 9.69. The molecule has 0 fully saturated rings. The lowest BCUT2D eigenvalue weighted by atomic mass is 10.0. The van der Waals surface area contributed by atoms with Crippen molar-refractivity contribution in [2.24, 2.45) is 0 Å². The minimum Gasteiger partial charge on any atom is -0.422 e. The van der Waals surface area contributed by atoms with Gasteiger partial charge in [-0.2, -0.15) is 0 Å². The Morgan fingerprint density at radius 3 is 2.32 bits per heavy atom. The van der Waals surface area contributed by atoms with Crippen LogP contribution in [0.15, 0.2) is 57.7 Å². The van der Waals surface area contributed by atoms with Gasteiger partial charge in [-0.25, -0.2) is 4.79 Å². The Kier molecular flexibility index (Phi) is 3.05. The van der Waals surface area contributed by atoms with Crippen molar-refractivity contribution in [1.29, 1.82) is 0 Å². The van der Waals surface area contributed by atoms with Crippen molar-refractivity contribution in [3.05, 3.63) is 69.0 Å². The molecule has 0 unspecified atom stereocenters. The molecule has 0 aliphatic heterocycles. The Morgan fingerprint density at radius 2 is 1.58 bits per heavy atom. The first kappa shape index (κ1) is 12.3. The highest BCUT2D eigenvalue weighted by molar-refractivity contribution is 6.44. The standard InChI is InChI=1S/C15H8Cl2O2/c16-13-11-8-10(9-4-2-1-3-5-9)6-7-12(11)19-15(18)14(13)17/h1-8H. The summed E-state index contributed by atoms with van der Waals surface area (Å²) in [6, 6.07) is 15.3. The van der Waals surface area contributed by atoms with Crippen molar-refractivity contribution in [2.75, 3.05) is 0 Å². The molecule has 2 aromatic carbocycles. The first-order chi connectivity index (χ1) is 9.16. The first-order valence-electron chi connectivity index (χ1n) is 5.64. The number of halogens is 2. The molecule has 1 aromatic heterocycles. The quantitative estimate of drug-likeness (QED) is 0.605. The third-order valence-electron chi connectivity index (χ3n) is 2.90. The highest BCUT2D eigenvalue weighted by atomic mass is 35.5. The van der Waals surface area contributed by atoms with Gasteiger partial charge < -0.3 is 4.42 Å². The molecule has 4 heteroatoms. The molecule has 0 spiro atoms. The van der Waals surface area contributed by atoms with E-state index < -0.39 is 5.63 Å². The van der Waals surface area contributed by atoms with Crippen LogP contribution in [0.25, 0.3) is 22.1 Å². The lowest BCUT2D eigenvalue weighted by Gasteiger charge is -2.05. The van der Waals surface area contributed by atoms with E-state index >= 15 is 0 Å². The van der Waals surface area contributed by atoms with E-state index in [1.54, 1.807) is 6.07 Å². The van der Waals surface area contributed by atoms with Crippen molar-refractivity contribution < 1.29 is 4.42 Å². The number of hydrogen-bond acceptors (Lipinski definition) is 2. The van der Waals surface area contributed by atoms with E-state index in [2.05, 4.69) is 0 Å². The van der Waals surface area contributed by atoms with Gasteiger partial charge in [0.05, 0.1) is 5.02 Å². The fourth-order valence-electron chi connectivity index (χ4n) is 1.95. The summed E-state index contributed by atoms with van der Waals surface area (Å²) in [4.78, 5) is 11.4. The number of benzene rings is 2. The van der Waals surface area contributed by atoms with Gasteiger partial charge in [-0.15, -0.1) is 0 Å². The van der Waals surface area contributed by atoms with Gasteiger partial charge in [0.15, 0.2) is 0 Å². The summed E-state index contributed by atoms with van der Waals surface area (Å²) < 4.78 is 5.09. The number of hydrogen-bond donors (Lipinski definition) is 0. The average molecular weight is 291 g/mol. The fraction of sp³-hybridized carbons (Fsp3) is 0. The molecular formula is C15H8Cl2O2. The summed E-state index contributed by atoms with van der Waals surface area (Å²) in [5, 5.41) is 0.776. The van der Waals surface area contributed by atoms with Crippen molar-refractivity contribution in [3.8, 4) is 11.1 Å². The van der Waals surface area contributed by atoms with Gasteiger partial charge in [0.1, 0.15) is 10.6 Å². The largest absolute Gasteiger partial charge is 0.422 e. The highest BCUT2D eigenvalue weighted by Gasteiger charge is 2.11. The fourth-order valence-corrected chi connectivity index (χ4v) is 2.32. The van der Waals surface area contributed by atoms with Gasteiger partial charge in [-0.1, -0.05) is 59.6 Å². The minimum atomic E-state index is -0.619. The van der Waals surface area contributed by atoms with Crippen LogP contribution in [-0.4, -0.2) is 0 Å². The predicted molar refractivity (Wildman–Crippen MR) is 77.9 cm³/mol. The molecule has 0 aliphatic rings. The maximum absolute atomic E-state index is 11.4. The predicted octanol–water partition coefficient (Wildman–Crippen LogP) is 4.77. The van der Waals surface area contributed by atoms with Gasteiger partial charge in [0.2, 0.25) is 0 Å². The summed E-state index contributed by atoms with van der Waals surface area (Å²) in [5.41, 5.74) is 1.86. The Balaban J connectivity index is 2.30. The average Bonchev–Trinajstić information content (AvgIpc) is 2.46. The highest BCUT2D eigenvalue weighted by Crippen LogP contribution is 2.31. The molecule has 0 atom stereocenters. The normalized spacial score (nSPS) is 10.8. The number of fused-ring (bicyclic) bond motifs is 1. The van der Waals surface area contributed by atoms with E-state index in [0.717, 1.165) is 11.1 Å². The van der Waals surface area contributed by atoms with E-state index in [4.69, 9.17) is 27.6 Å². The molecule has 3 aromatic rings. The van der Waals surface area contributed by atoms with Crippen LogP contribution < -0.4 is 5.63 Å². The molecule has 2 nitrogen and oxygen atoms in total.